The number of hydrogen-bond acceptors (Lipinski definition) is 4. The van der Waals surface area contributed by atoms with Gasteiger partial charge in [-0.25, -0.2) is 0 Å². The second-order valence-corrected chi connectivity index (χ2v) is 5.40. The largest absolute Gasteiger partial charge is 0.493 e. The maximum Gasteiger partial charge on any atom is 0.211 e. The van der Waals surface area contributed by atoms with Gasteiger partial charge in [0.15, 0.2) is 11.5 Å². The first-order chi connectivity index (χ1) is 11.5. The van der Waals surface area contributed by atoms with E-state index >= 15 is 0 Å². The number of rotatable bonds is 6. The molecule has 0 radical (unpaired) electrons. The van der Waals surface area contributed by atoms with Crippen LogP contribution in [0.5, 0.6) is 11.5 Å². The molecule has 2 rings (SSSR count). The topological polar surface area (TPSA) is 95.2 Å². The Bertz CT molecular complexity index is 766. The molecule has 0 atom stereocenters. The second-order valence-electron chi connectivity index (χ2n) is 5.40. The number of nitrogens with two attached hydrogens (primary N) is 2. The Morgan fingerprint density at radius 2 is 1.88 bits per heavy atom. The van der Waals surface area contributed by atoms with Crippen LogP contribution in [0, 0.1) is 13.8 Å². The van der Waals surface area contributed by atoms with Crippen LogP contribution in [0.4, 0.5) is 0 Å². The number of aryl methyl sites for hydroxylation is 2. The highest BCUT2D eigenvalue weighted by molar-refractivity contribution is 5.82. The minimum atomic E-state index is -0.0910. The lowest BCUT2D eigenvalue weighted by atomic mass is 10.1. The van der Waals surface area contributed by atoms with Crippen LogP contribution in [0.25, 0.3) is 0 Å². The van der Waals surface area contributed by atoms with Crippen molar-refractivity contribution in [3.63, 3.8) is 0 Å². The Hall–Kier alpha value is -3.02. The lowest BCUT2D eigenvalue weighted by molar-refractivity contribution is 0.284. The summed E-state index contributed by atoms with van der Waals surface area (Å²) in [4.78, 5) is 0. The molecule has 0 heterocycles. The molecule has 2 aromatic rings. The van der Waals surface area contributed by atoms with Gasteiger partial charge in [0.05, 0.1) is 13.3 Å². The fraction of sp³-hybridized carbons (Fsp3) is 0.222. The molecule has 0 aliphatic heterocycles. The summed E-state index contributed by atoms with van der Waals surface area (Å²) in [6.07, 6.45) is 1.54. The zero-order chi connectivity index (χ0) is 17.5. The third-order valence-corrected chi connectivity index (χ3v) is 3.46. The predicted molar refractivity (Wildman–Crippen MR) is 96.6 cm³/mol. The van der Waals surface area contributed by atoms with E-state index in [1.165, 1.54) is 17.3 Å². The monoisotopic (exact) mass is 326 g/mol. The van der Waals surface area contributed by atoms with Crippen LogP contribution in [-0.2, 0) is 6.61 Å². The van der Waals surface area contributed by atoms with Crippen LogP contribution >= 0.6 is 0 Å². The first kappa shape index (κ1) is 17.3. The van der Waals surface area contributed by atoms with Gasteiger partial charge in [-0.05, 0) is 48.7 Å². The normalized spacial score (nSPS) is 10.6. The minimum absolute atomic E-state index is 0.0910. The molecule has 126 valence electrons. The number of guanidine groups is 1. The summed E-state index contributed by atoms with van der Waals surface area (Å²) in [6, 6.07) is 11.8. The Morgan fingerprint density at radius 1 is 1.08 bits per heavy atom. The van der Waals surface area contributed by atoms with Gasteiger partial charge in [0, 0.05) is 0 Å². The lowest BCUT2D eigenvalue weighted by Crippen LogP contribution is -2.21. The molecule has 0 bridgehead atoms. The van der Waals surface area contributed by atoms with Gasteiger partial charge in [0.25, 0.3) is 0 Å². The summed E-state index contributed by atoms with van der Waals surface area (Å²) in [6.45, 7) is 4.61. The number of benzene rings is 2. The van der Waals surface area contributed by atoms with Gasteiger partial charge in [-0.15, -0.1) is 5.10 Å². The Kier molecular flexibility index (Phi) is 5.78. The fourth-order valence-corrected chi connectivity index (χ4v) is 2.16. The van der Waals surface area contributed by atoms with Gasteiger partial charge in [-0.3, -0.25) is 0 Å². The third-order valence-electron chi connectivity index (χ3n) is 3.46. The number of hydrogen-bond donors (Lipinski definition) is 2. The van der Waals surface area contributed by atoms with Crippen LogP contribution in [0.15, 0.2) is 46.6 Å². The maximum absolute atomic E-state index is 5.91. The maximum atomic E-state index is 5.91. The summed E-state index contributed by atoms with van der Waals surface area (Å²) in [7, 11) is 1.59. The molecule has 2 aromatic carbocycles. The SMILES string of the molecule is COc1cc(/C=N\N=C(N)N)ccc1OCc1cc(C)ccc1C. The van der Waals surface area contributed by atoms with E-state index in [2.05, 4.69) is 42.2 Å². The summed E-state index contributed by atoms with van der Waals surface area (Å²) in [5.41, 5.74) is 14.8. The Morgan fingerprint density at radius 3 is 2.58 bits per heavy atom. The quantitative estimate of drug-likeness (QED) is 0.484. The Labute approximate surface area is 141 Å². The first-order valence-corrected chi connectivity index (χ1v) is 7.48. The number of methoxy groups -OCH3 is 1. The zero-order valence-electron chi connectivity index (χ0n) is 14.1. The molecule has 4 N–H and O–H groups in total. The molecule has 0 fully saturated rings. The highest BCUT2D eigenvalue weighted by atomic mass is 16.5. The molecular weight excluding hydrogens is 304 g/mol. The minimum Gasteiger partial charge on any atom is -0.493 e. The number of ether oxygens (including phenoxy) is 2. The molecule has 0 aliphatic rings. The van der Waals surface area contributed by atoms with Crippen molar-refractivity contribution >= 4 is 12.2 Å². The molecule has 6 nitrogen and oxygen atoms in total. The smallest absolute Gasteiger partial charge is 0.211 e. The van der Waals surface area contributed by atoms with Crippen LogP contribution in [0.3, 0.4) is 0 Å². The predicted octanol–water partition coefficient (Wildman–Crippen LogP) is 2.50. The molecule has 6 heteroatoms. The van der Waals surface area contributed by atoms with E-state index in [4.69, 9.17) is 20.9 Å². The van der Waals surface area contributed by atoms with Crippen molar-refractivity contribution in [2.75, 3.05) is 7.11 Å². The van der Waals surface area contributed by atoms with Crippen molar-refractivity contribution in [1.82, 2.24) is 0 Å². The van der Waals surface area contributed by atoms with Crippen LogP contribution < -0.4 is 20.9 Å². The van der Waals surface area contributed by atoms with Gasteiger partial charge in [0.1, 0.15) is 6.61 Å². The molecule has 0 saturated carbocycles. The van der Waals surface area contributed by atoms with E-state index in [0.29, 0.717) is 18.1 Å². The van der Waals surface area contributed by atoms with Crippen LogP contribution in [-0.4, -0.2) is 19.3 Å². The van der Waals surface area contributed by atoms with E-state index in [1.807, 2.05) is 18.2 Å². The van der Waals surface area contributed by atoms with E-state index in [0.717, 1.165) is 11.1 Å². The molecule has 0 aromatic heterocycles. The molecular formula is C18H22N4O2. The van der Waals surface area contributed by atoms with E-state index in [1.54, 1.807) is 7.11 Å². The second kappa shape index (κ2) is 8.01. The molecule has 0 aliphatic carbocycles. The molecule has 24 heavy (non-hydrogen) atoms. The Balaban J connectivity index is 2.14. The van der Waals surface area contributed by atoms with Crippen molar-refractivity contribution in [2.45, 2.75) is 20.5 Å². The molecule has 0 spiro atoms. The average molecular weight is 326 g/mol. The lowest BCUT2D eigenvalue weighted by Gasteiger charge is -2.13. The summed E-state index contributed by atoms with van der Waals surface area (Å²) in [5.74, 6) is 1.19. The molecule has 0 amide bonds. The van der Waals surface area contributed by atoms with Gasteiger partial charge in [-0.1, -0.05) is 23.8 Å². The van der Waals surface area contributed by atoms with Gasteiger partial charge < -0.3 is 20.9 Å². The summed E-state index contributed by atoms with van der Waals surface area (Å²) >= 11 is 0. The van der Waals surface area contributed by atoms with Gasteiger partial charge in [0.2, 0.25) is 5.96 Å². The van der Waals surface area contributed by atoms with Gasteiger partial charge in [-0.2, -0.15) is 5.10 Å². The summed E-state index contributed by atoms with van der Waals surface area (Å²) in [5, 5.41) is 7.34. The number of nitrogens with zero attached hydrogens (tertiary/aromatic N) is 2. The first-order valence-electron chi connectivity index (χ1n) is 7.48. The van der Waals surface area contributed by atoms with Crippen molar-refractivity contribution < 1.29 is 9.47 Å². The van der Waals surface area contributed by atoms with E-state index < -0.39 is 0 Å². The highest BCUT2D eigenvalue weighted by Gasteiger charge is 2.07. The van der Waals surface area contributed by atoms with Crippen molar-refractivity contribution in [1.29, 1.82) is 0 Å². The van der Waals surface area contributed by atoms with Crippen LogP contribution in [0.2, 0.25) is 0 Å². The van der Waals surface area contributed by atoms with E-state index in [9.17, 15) is 0 Å². The zero-order valence-corrected chi connectivity index (χ0v) is 14.1. The van der Waals surface area contributed by atoms with Crippen LogP contribution in [0.1, 0.15) is 22.3 Å². The van der Waals surface area contributed by atoms with Gasteiger partial charge >= 0.3 is 0 Å². The fourth-order valence-electron chi connectivity index (χ4n) is 2.16. The summed E-state index contributed by atoms with van der Waals surface area (Å²) < 4.78 is 11.3. The molecule has 0 unspecified atom stereocenters. The highest BCUT2D eigenvalue weighted by Crippen LogP contribution is 2.28. The third kappa shape index (κ3) is 4.74. The molecule has 0 saturated heterocycles. The average Bonchev–Trinajstić information content (AvgIpc) is 2.56. The van der Waals surface area contributed by atoms with Crippen molar-refractivity contribution in [3.05, 3.63) is 58.7 Å². The van der Waals surface area contributed by atoms with Crippen molar-refractivity contribution in [3.8, 4) is 11.5 Å². The van der Waals surface area contributed by atoms with E-state index in [-0.39, 0.29) is 5.96 Å². The standard InChI is InChI=1S/C18H22N4O2/c1-12-4-5-13(2)15(8-12)11-24-16-7-6-14(9-17(16)23-3)10-21-22-18(19)20/h4-10H,11H2,1-3H3,(H4,19,20,22)/b21-10-. The van der Waals surface area contributed by atoms with Crippen molar-refractivity contribution in [2.24, 2.45) is 21.7 Å².